The summed E-state index contributed by atoms with van der Waals surface area (Å²) in [5, 5.41) is 0. The van der Waals surface area contributed by atoms with E-state index in [-0.39, 0.29) is 0 Å². The van der Waals surface area contributed by atoms with E-state index in [1.165, 1.54) is 11.3 Å². The SMILES string of the molecule is O=CN1CCc2[nH]c(Br)c(Br)c2C1. The summed E-state index contributed by atoms with van der Waals surface area (Å²) in [4.78, 5) is 15.6. The number of aromatic nitrogens is 1. The van der Waals surface area contributed by atoms with Crippen molar-refractivity contribution in [2.45, 2.75) is 13.0 Å². The van der Waals surface area contributed by atoms with Gasteiger partial charge in [0.1, 0.15) is 0 Å². The smallest absolute Gasteiger partial charge is 0.210 e. The van der Waals surface area contributed by atoms with Crippen molar-refractivity contribution in [3.05, 3.63) is 20.3 Å². The van der Waals surface area contributed by atoms with Crippen LogP contribution >= 0.6 is 31.9 Å². The summed E-state index contributed by atoms with van der Waals surface area (Å²) in [6.07, 6.45) is 1.80. The number of nitrogens with zero attached hydrogens (tertiary/aromatic N) is 1. The quantitative estimate of drug-likeness (QED) is 0.792. The van der Waals surface area contributed by atoms with Gasteiger partial charge in [-0.1, -0.05) is 0 Å². The molecule has 1 amide bonds. The van der Waals surface area contributed by atoms with Crippen LogP contribution in [0.2, 0.25) is 0 Å². The predicted molar refractivity (Wildman–Crippen MR) is 56.4 cm³/mol. The molecule has 0 saturated carbocycles. The van der Waals surface area contributed by atoms with E-state index in [0.29, 0.717) is 6.54 Å². The molecule has 1 aromatic rings. The van der Waals surface area contributed by atoms with Gasteiger partial charge in [0.2, 0.25) is 6.41 Å². The number of amides is 1. The van der Waals surface area contributed by atoms with Gasteiger partial charge in [0.05, 0.1) is 9.08 Å². The molecular weight excluding hydrogens is 300 g/mol. The number of fused-ring (bicyclic) bond motifs is 1. The summed E-state index contributed by atoms with van der Waals surface area (Å²) in [6, 6.07) is 0. The highest BCUT2D eigenvalue weighted by Crippen LogP contribution is 2.32. The number of nitrogens with one attached hydrogen (secondary N) is 1. The van der Waals surface area contributed by atoms with Crippen LogP contribution in [-0.2, 0) is 17.8 Å². The van der Waals surface area contributed by atoms with Crippen LogP contribution in [-0.4, -0.2) is 22.8 Å². The molecule has 0 radical (unpaired) electrons. The lowest BCUT2D eigenvalue weighted by Crippen LogP contribution is -2.28. The van der Waals surface area contributed by atoms with Crippen molar-refractivity contribution < 1.29 is 4.79 Å². The van der Waals surface area contributed by atoms with Gasteiger partial charge in [-0.2, -0.15) is 0 Å². The minimum absolute atomic E-state index is 0.696. The fourth-order valence-corrected chi connectivity index (χ4v) is 2.48. The van der Waals surface area contributed by atoms with E-state index in [9.17, 15) is 4.79 Å². The average molecular weight is 308 g/mol. The minimum Gasteiger partial charge on any atom is -0.352 e. The van der Waals surface area contributed by atoms with Crippen molar-refractivity contribution in [1.29, 1.82) is 0 Å². The van der Waals surface area contributed by atoms with Gasteiger partial charge in [0, 0.05) is 30.8 Å². The second-order valence-corrected chi connectivity index (χ2v) is 4.62. The van der Waals surface area contributed by atoms with Gasteiger partial charge in [-0.05, 0) is 31.9 Å². The van der Waals surface area contributed by atoms with E-state index in [1.54, 1.807) is 4.90 Å². The Bertz CT molecular complexity index is 348. The maximum absolute atomic E-state index is 10.6. The summed E-state index contributed by atoms with van der Waals surface area (Å²) < 4.78 is 2.00. The molecule has 5 heteroatoms. The zero-order valence-corrected chi connectivity index (χ0v) is 9.98. The summed E-state index contributed by atoms with van der Waals surface area (Å²) in [5.41, 5.74) is 2.40. The van der Waals surface area contributed by atoms with Crippen LogP contribution in [0, 0.1) is 0 Å². The second-order valence-electron chi connectivity index (χ2n) is 3.04. The van der Waals surface area contributed by atoms with Crippen molar-refractivity contribution in [3.63, 3.8) is 0 Å². The van der Waals surface area contributed by atoms with Crippen LogP contribution < -0.4 is 0 Å². The van der Waals surface area contributed by atoms with Crippen molar-refractivity contribution in [2.75, 3.05) is 6.54 Å². The van der Waals surface area contributed by atoms with E-state index in [4.69, 9.17) is 0 Å². The highest BCUT2D eigenvalue weighted by Gasteiger charge is 2.20. The Labute approximate surface area is 92.8 Å². The first-order valence-electron chi connectivity index (χ1n) is 3.96. The summed E-state index contributed by atoms with van der Waals surface area (Å²) >= 11 is 6.88. The topological polar surface area (TPSA) is 36.1 Å². The third-order valence-corrected chi connectivity index (χ3v) is 4.24. The van der Waals surface area contributed by atoms with Gasteiger partial charge < -0.3 is 9.88 Å². The van der Waals surface area contributed by atoms with Gasteiger partial charge in [0.25, 0.3) is 0 Å². The summed E-state index contributed by atoms with van der Waals surface area (Å²) in [6.45, 7) is 1.50. The average Bonchev–Trinajstić information content (AvgIpc) is 2.43. The number of carbonyl (C=O) groups is 1. The molecule has 1 aromatic heterocycles. The summed E-state index contributed by atoms with van der Waals surface area (Å²) in [5.74, 6) is 0. The Kier molecular flexibility index (Phi) is 2.47. The predicted octanol–water partition coefficient (Wildman–Crippen LogP) is 2.05. The molecule has 0 unspecified atom stereocenters. The number of H-pyrrole nitrogens is 1. The second kappa shape index (κ2) is 3.46. The van der Waals surface area contributed by atoms with Gasteiger partial charge in [-0.15, -0.1) is 0 Å². The maximum Gasteiger partial charge on any atom is 0.210 e. The van der Waals surface area contributed by atoms with E-state index >= 15 is 0 Å². The van der Waals surface area contributed by atoms with Crippen LogP contribution in [0.5, 0.6) is 0 Å². The first-order chi connectivity index (χ1) is 6.22. The third kappa shape index (κ3) is 1.55. The van der Waals surface area contributed by atoms with E-state index in [2.05, 4.69) is 36.8 Å². The molecule has 2 rings (SSSR count). The van der Waals surface area contributed by atoms with Gasteiger partial charge in [-0.25, -0.2) is 0 Å². The molecule has 0 bridgehead atoms. The minimum atomic E-state index is 0.696. The fourth-order valence-electron chi connectivity index (χ4n) is 1.53. The molecule has 1 aliphatic heterocycles. The Morgan fingerprint density at radius 3 is 2.92 bits per heavy atom. The zero-order chi connectivity index (χ0) is 9.42. The maximum atomic E-state index is 10.6. The Hall–Kier alpha value is -0.290. The number of hydrogen-bond donors (Lipinski definition) is 1. The molecule has 0 fully saturated rings. The molecule has 0 spiro atoms. The molecule has 1 aliphatic rings. The van der Waals surface area contributed by atoms with Crippen molar-refractivity contribution >= 4 is 38.3 Å². The molecule has 70 valence electrons. The molecule has 13 heavy (non-hydrogen) atoms. The molecule has 0 saturated heterocycles. The summed E-state index contributed by atoms with van der Waals surface area (Å²) in [7, 11) is 0. The standard InChI is InChI=1S/C8H8Br2N2O/c9-7-5-3-12(4-13)2-1-6(5)11-8(7)10/h4,11H,1-3H2. The van der Waals surface area contributed by atoms with Crippen molar-refractivity contribution in [1.82, 2.24) is 9.88 Å². The van der Waals surface area contributed by atoms with Crippen LogP contribution in [0.3, 0.4) is 0 Å². The van der Waals surface area contributed by atoms with Crippen LogP contribution in [0.25, 0.3) is 0 Å². The van der Waals surface area contributed by atoms with Crippen molar-refractivity contribution in [3.8, 4) is 0 Å². The Balaban J connectivity index is 2.37. The van der Waals surface area contributed by atoms with E-state index in [1.807, 2.05) is 0 Å². The lowest BCUT2D eigenvalue weighted by molar-refractivity contribution is -0.118. The lowest BCUT2D eigenvalue weighted by atomic mass is 10.1. The molecule has 0 atom stereocenters. The highest BCUT2D eigenvalue weighted by molar-refractivity contribution is 9.13. The molecule has 1 N–H and O–H groups in total. The van der Waals surface area contributed by atoms with Gasteiger partial charge in [-0.3, -0.25) is 4.79 Å². The number of rotatable bonds is 1. The Morgan fingerprint density at radius 2 is 2.23 bits per heavy atom. The Morgan fingerprint density at radius 1 is 1.46 bits per heavy atom. The highest BCUT2D eigenvalue weighted by atomic mass is 79.9. The molecule has 3 nitrogen and oxygen atoms in total. The first-order valence-corrected chi connectivity index (χ1v) is 5.55. The van der Waals surface area contributed by atoms with Crippen LogP contribution in [0.4, 0.5) is 0 Å². The number of hydrogen-bond acceptors (Lipinski definition) is 1. The molecule has 0 aliphatic carbocycles. The first kappa shape index (κ1) is 9.27. The van der Waals surface area contributed by atoms with E-state index < -0.39 is 0 Å². The van der Waals surface area contributed by atoms with Crippen LogP contribution in [0.15, 0.2) is 9.08 Å². The van der Waals surface area contributed by atoms with Crippen molar-refractivity contribution in [2.24, 2.45) is 0 Å². The molecule has 0 aromatic carbocycles. The monoisotopic (exact) mass is 306 g/mol. The molecule has 2 heterocycles. The normalized spacial score (nSPS) is 15.7. The third-order valence-electron chi connectivity index (χ3n) is 2.24. The van der Waals surface area contributed by atoms with E-state index in [0.717, 1.165) is 28.5 Å². The van der Waals surface area contributed by atoms with Gasteiger partial charge >= 0.3 is 0 Å². The zero-order valence-electron chi connectivity index (χ0n) is 6.81. The molecular formula is C8H8Br2N2O. The number of halogens is 2. The fraction of sp³-hybridized carbons (Fsp3) is 0.375. The lowest BCUT2D eigenvalue weighted by Gasteiger charge is -2.22. The number of carbonyl (C=O) groups excluding carboxylic acids is 1. The van der Waals surface area contributed by atoms with Crippen LogP contribution in [0.1, 0.15) is 11.3 Å². The number of aromatic amines is 1. The largest absolute Gasteiger partial charge is 0.352 e. The van der Waals surface area contributed by atoms with Gasteiger partial charge in [0.15, 0.2) is 0 Å².